The van der Waals surface area contributed by atoms with Gasteiger partial charge in [0.15, 0.2) is 0 Å². The summed E-state index contributed by atoms with van der Waals surface area (Å²) in [5.41, 5.74) is 0.843. The van der Waals surface area contributed by atoms with Gasteiger partial charge in [-0.3, -0.25) is 4.79 Å². The summed E-state index contributed by atoms with van der Waals surface area (Å²) in [5, 5.41) is 2.67. The summed E-state index contributed by atoms with van der Waals surface area (Å²) in [5.74, 6) is -0.0359. The predicted octanol–water partition coefficient (Wildman–Crippen LogP) is 0.996. The topological polar surface area (TPSA) is 29.1 Å². The normalized spacial score (nSPS) is 8.09. The average Bonchev–Trinajstić information content (AvgIpc) is 1.88. The molecule has 1 rings (SSSR count). The summed E-state index contributed by atoms with van der Waals surface area (Å²) < 4.78 is 0. The third-order valence-corrected chi connectivity index (χ3v) is 1.09. The molecule has 0 fully saturated rings. The molecule has 11 heavy (non-hydrogen) atoms. The molecule has 0 aliphatic rings. The molecule has 0 atom stereocenters. The van der Waals surface area contributed by atoms with E-state index in [0.717, 1.165) is 5.69 Å². The van der Waals surface area contributed by atoms with Crippen LogP contribution in [0.1, 0.15) is 6.92 Å². The number of amides is 1. The van der Waals surface area contributed by atoms with Crippen LogP contribution in [0.3, 0.4) is 0 Å². The van der Waals surface area contributed by atoms with Crippen LogP contribution >= 0.6 is 0 Å². The second-order valence-corrected chi connectivity index (χ2v) is 2.05. The molecule has 54 valence electrons. The van der Waals surface area contributed by atoms with Gasteiger partial charge in [0.2, 0.25) is 5.91 Å². The molecule has 1 aromatic carbocycles. The molecule has 0 saturated carbocycles. The van der Waals surface area contributed by atoms with E-state index in [9.17, 15) is 4.79 Å². The van der Waals surface area contributed by atoms with Crippen LogP contribution in [0.2, 0.25) is 0 Å². The third-order valence-electron chi connectivity index (χ3n) is 1.09. The number of benzene rings is 1. The minimum absolute atomic E-state index is 0. The molecular formula is C8H10KNO. The van der Waals surface area contributed by atoms with E-state index in [1.165, 1.54) is 6.92 Å². The van der Waals surface area contributed by atoms with Gasteiger partial charge in [0.1, 0.15) is 0 Å². The number of anilines is 1. The summed E-state index contributed by atoms with van der Waals surface area (Å²) in [6, 6.07) is 9.37. The Bertz CT molecular complexity index is 223. The monoisotopic (exact) mass is 175 g/mol. The van der Waals surface area contributed by atoms with Crippen LogP contribution < -0.4 is 5.32 Å². The van der Waals surface area contributed by atoms with Crippen LogP contribution in [0.15, 0.2) is 30.3 Å². The first-order valence-corrected chi connectivity index (χ1v) is 3.11. The van der Waals surface area contributed by atoms with Gasteiger partial charge in [0.25, 0.3) is 0 Å². The first-order chi connectivity index (χ1) is 4.79. The Morgan fingerprint density at radius 3 is 2.27 bits per heavy atom. The van der Waals surface area contributed by atoms with Crippen molar-refractivity contribution in [3.63, 3.8) is 0 Å². The molecule has 1 amide bonds. The molecule has 1 N–H and O–H groups in total. The standard InChI is InChI=1S/C8H9NO.K.H/c1-7(10)9-8-5-3-2-4-6-8;;/h2-6H,1H3,(H,9,10);;. The second-order valence-electron chi connectivity index (χ2n) is 2.05. The maximum absolute atomic E-state index is 10.5. The van der Waals surface area contributed by atoms with Gasteiger partial charge in [-0.25, -0.2) is 0 Å². The maximum atomic E-state index is 10.5. The predicted molar refractivity (Wildman–Crippen MR) is 47.9 cm³/mol. The number of hydrogen-bond donors (Lipinski definition) is 1. The van der Waals surface area contributed by atoms with E-state index in [2.05, 4.69) is 5.32 Å². The van der Waals surface area contributed by atoms with Crippen molar-refractivity contribution in [3.05, 3.63) is 30.3 Å². The Morgan fingerprint density at radius 1 is 1.27 bits per heavy atom. The number of hydrogen-bond acceptors (Lipinski definition) is 1. The summed E-state index contributed by atoms with van der Waals surface area (Å²) in [6.45, 7) is 1.49. The molecule has 0 aliphatic carbocycles. The molecule has 0 saturated heterocycles. The summed E-state index contributed by atoms with van der Waals surface area (Å²) in [4.78, 5) is 10.5. The fraction of sp³-hybridized carbons (Fsp3) is 0.125. The molecule has 0 radical (unpaired) electrons. The molecule has 1 aromatic rings. The summed E-state index contributed by atoms with van der Waals surface area (Å²) in [6.07, 6.45) is 0. The average molecular weight is 175 g/mol. The van der Waals surface area contributed by atoms with Crippen molar-refractivity contribution in [2.75, 3.05) is 5.32 Å². The van der Waals surface area contributed by atoms with E-state index in [1.807, 2.05) is 30.3 Å². The zero-order chi connectivity index (χ0) is 7.40. The fourth-order valence-electron chi connectivity index (χ4n) is 0.725. The zero-order valence-electron chi connectivity index (χ0n) is 5.79. The Balaban J connectivity index is 0.000001000. The van der Waals surface area contributed by atoms with E-state index in [4.69, 9.17) is 0 Å². The van der Waals surface area contributed by atoms with Crippen molar-refractivity contribution in [3.8, 4) is 0 Å². The molecule has 0 aromatic heterocycles. The van der Waals surface area contributed by atoms with E-state index in [1.54, 1.807) is 0 Å². The molecule has 2 nitrogen and oxygen atoms in total. The van der Waals surface area contributed by atoms with Crippen LogP contribution in [-0.4, -0.2) is 57.3 Å². The molecule has 0 bridgehead atoms. The first-order valence-electron chi connectivity index (χ1n) is 3.11. The Hall–Kier alpha value is 0.326. The van der Waals surface area contributed by atoms with Gasteiger partial charge in [-0.05, 0) is 12.1 Å². The molecule has 0 aliphatic heterocycles. The van der Waals surface area contributed by atoms with Gasteiger partial charge in [-0.15, -0.1) is 0 Å². The van der Waals surface area contributed by atoms with Crippen molar-refractivity contribution in [1.29, 1.82) is 0 Å². The van der Waals surface area contributed by atoms with E-state index in [-0.39, 0.29) is 57.3 Å². The van der Waals surface area contributed by atoms with Gasteiger partial charge in [-0.1, -0.05) is 18.2 Å². The van der Waals surface area contributed by atoms with Gasteiger partial charge in [-0.2, -0.15) is 0 Å². The molecule has 3 heteroatoms. The fourth-order valence-corrected chi connectivity index (χ4v) is 0.725. The summed E-state index contributed by atoms with van der Waals surface area (Å²) >= 11 is 0. The van der Waals surface area contributed by atoms with E-state index >= 15 is 0 Å². The Kier molecular flexibility index (Phi) is 6.09. The van der Waals surface area contributed by atoms with Crippen LogP contribution in [0.5, 0.6) is 0 Å². The second kappa shape index (κ2) is 5.91. The molecular weight excluding hydrogens is 165 g/mol. The minimum atomic E-state index is -0.0359. The summed E-state index contributed by atoms with van der Waals surface area (Å²) in [7, 11) is 0. The SMILES string of the molecule is CC(=O)Nc1ccccc1.[KH]. The van der Waals surface area contributed by atoms with Crippen molar-refractivity contribution < 1.29 is 4.79 Å². The van der Waals surface area contributed by atoms with Crippen molar-refractivity contribution in [1.82, 2.24) is 0 Å². The van der Waals surface area contributed by atoms with Crippen molar-refractivity contribution >= 4 is 63.0 Å². The van der Waals surface area contributed by atoms with Crippen molar-refractivity contribution in [2.45, 2.75) is 6.92 Å². The van der Waals surface area contributed by atoms with Crippen LogP contribution in [0.4, 0.5) is 5.69 Å². The number of para-hydroxylation sites is 1. The number of carbonyl (C=O) groups is 1. The number of rotatable bonds is 1. The van der Waals surface area contributed by atoms with Gasteiger partial charge in [0.05, 0.1) is 0 Å². The molecule has 0 unspecified atom stereocenters. The quantitative estimate of drug-likeness (QED) is 0.634. The Labute approximate surface area is 109 Å². The van der Waals surface area contributed by atoms with Crippen LogP contribution in [0.25, 0.3) is 0 Å². The number of nitrogens with one attached hydrogen (secondary N) is 1. The first kappa shape index (κ1) is 11.3. The molecule has 0 spiro atoms. The zero-order valence-corrected chi connectivity index (χ0v) is 5.79. The molecule has 0 heterocycles. The van der Waals surface area contributed by atoms with E-state index in [0.29, 0.717) is 0 Å². The third kappa shape index (κ3) is 4.71. The van der Waals surface area contributed by atoms with E-state index < -0.39 is 0 Å². The van der Waals surface area contributed by atoms with Gasteiger partial charge >= 0.3 is 51.4 Å². The number of carbonyl (C=O) groups excluding carboxylic acids is 1. The van der Waals surface area contributed by atoms with Crippen LogP contribution in [0, 0.1) is 0 Å². The van der Waals surface area contributed by atoms with Gasteiger partial charge in [0, 0.05) is 12.6 Å². The van der Waals surface area contributed by atoms with Crippen molar-refractivity contribution in [2.24, 2.45) is 0 Å². The van der Waals surface area contributed by atoms with Gasteiger partial charge < -0.3 is 5.32 Å². The van der Waals surface area contributed by atoms with Crippen LogP contribution in [-0.2, 0) is 4.79 Å². The Morgan fingerprint density at radius 2 is 1.82 bits per heavy atom.